The van der Waals surface area contributed by atoms with Gasteiger partial charge in [-0.2, -0.15) is 0 Å². The maximum absolute atomic E-state index is 13.5. The topological polar surface area (TPSA) is 54.3 Å². The monoisotopic (exact) mass is 413 g/mol. The second-order valence-corrected chi connectivity index (χ2v) is 8.97. The van der Waals surface area contributed by atoms with Crippen molar-refractivity contribution in [2.24, 2.45) is 13.0 Å². The van der Waals surface area contributed by atoms with Crippen LogP contribution in [0.15, 0.2) is 24.3 Å². The molecule has 0 bridgehead atoms. The summed E-state index contributed by atoms with van der Waals surface area (Å²) in [4.78, 5) is 28.5. The number of hydrogen-bond donors (Lipinski definition) is 1. The molecular formula is C23H28ClN3O2. The van der Waals surface area contributed by atoms with Gasteiger partial charge in [0.1, 0.15) is 6.04 Å². The van der Waals surface area contributed by atoms with Crippen LogP contribution in [0.3, 0.4) is 0 Å². The highest BCUT2D eigenvalue weighted by molar-refractivity contribution is 6.30. The van der Waals surface area contributed by atoms with Crippen molar-refractivity contribution in [3.63, 3.8) is 0 Å². The number of benzene rings is 1. The first kappa shape index (κ1) is 20.0. The smallest absolute Gasteiger partial charge is 0.261 e. The minimum Gasteiger partial charge on any atom is -0.351 e. The molecule has 29 heavy (non-hydrogen) atoms. The summed E-state index contributed by atoms with van der Waals surface area (Å²) in [5.41, 5.74) is 4.02. The molecule has 1 atom stereocenters. The Bertz CT molecular complexity index is 955. The third-order valence-corrected chi connectivity index (χ3v) is 6.96. The second-order valence-electron chi connectivity index (χ2n) is 8.54. The molecular weight excluding hydrogens is 386 g/mol. The lowest BCUT2D eigenvalue weighted by Crippen LogP contribution is -2.45. The number of fused-ring (bicyclic) bond motifs is 1. The molecule has 1 aromatic carbocycles. The summed E-state index contributed by atoms with van der Waals surface area (Å²) >= 11 is 6.05. The Hall–Kier alpha value is -2.27. The first-order valence-corrected chi connectivity index (χ1v) is 10.7. The van der Waals surface area contributed by atoms with Crippen molar-refractivity contribution in [2.75, 3.05) is 4.90 Å². The van der Waals surface area contributed by atoms with Gasteiger partial charge in [-0.15, -0.1) is 0 Å². The van der Waals surface area contributed by atoms with Gasteiger partial charge in [0.05, 0.1) is 5.56 Å². The van der Waals surface area contributed by atoms with Crippen molar-refractivity contribution in [3.8, 4) is 0 Å². The van der Waals surface area contributed by atoms with Gasteiger partial charge >= 0.3 is 0 Å². The van der Waals surface area contributed by atoms with Crippen LogP contribution < -0.4 is 10.2 Å². The summed E-state index contributed by atoms with van der Waals surface area (Å²) in [6, 6.07) is 6.64. The van der Waals surface area contributed by atoms with Gasteiger partial charge in [0.2, 0.25) is 5.91 Å². The van der Waals surface area contributed by atoms with Crippen molar-refractivity contribution < 1.29 is 9.59 Å². The van der Waals surface area contributed by atoms with Gasteiger partial charge in [0, 0.05) is 40.8 Å². The molecule has 2 aromatic rings. The standard InChI is InChI=1S/C23H28ClN3O2/c1-13-5-9-17(10-6-13)25-22(28)21-19-14(2)26(4)15(3)20(19)23(29)27(21)18-11-7-16(24)8-12-18/h7-8,11-13,17,21H,5-6,9-10H2,1-4H3,(H,25,28)/t13?,17?,21-/m1/s1. The normalized spacial score (nSPS) is 24.0. The quantitative estimate of drug-likeness (QED) is 0.793. The molecule has 1 N–H and O–H groups in total. The Labute approximate surface area is 177 Å². The number of anilines is 1. The Kier molecular flexibility index (Phi) is 5.19. The molecule has 0 unspecified atom stereocenters. The van der Waals surface area contributed by atoms with Crippen molar-refractivity contribution in [1.82, 2.24) is 9.88 Å². The van der Waals surface area contributed by atoms with E-state index in [4.69, 9.17) is 11.6 Å². The molecule has 2 heterocycles. The number of rotatable bonds is 3. The predicted molar refractivity (Wildman–Crippen MR) is 115 cm³/mol. The number of nitrogens with one attached hydrogen (secondary N) is 1. The molecule has 1 aromatic heterocycles. The number of carbonyl (C=O) groups is 2. The maximum atomic E-state index is 13.5. The number of carbonyl (C=O) groups excluding carboxylic acids is 2. The number of halogens is 1. The van der Waals surface area contributed by atoms with Crippen LogP contribution in [0.25, 0.3) is 0 Å². The van der Waals surface area contributed by atoms with E-state index in [9.17, 15) is 9.59 Å². The molecule has 1 aliphatic carbocycles. The highest BCUT2D eigenvalue weighted by atomic mass is 35.5. The molecule has 154 valence electrons. The van der Waals surface area contributed by atoms with Crippen LogP contribution in [0.5, 0.6) is 0 Å². The van der Waals surface area contributed by atoms with E-state index in [0.717, 1.165) is 42.6 Å². The summed E-state index contributed by atoms with van der Waals surface area (Å²) in [5.74, 6) is 0.494. The van der Waals surface area contributed by atoms with E-state index in [-0.39, 0.29) is 17.9 Å². The zero-order chi connectivity index (χ0) is 20.9. The molecule has 4 rings (SSSR count). The Morgan fingerprint density at radius 1 is 1.07 bits per heavy atom. The van der Waals surface area contributed by atoms with E-state index in [1.165, 1.54) is 0 Å². The molecule has 2 aliphatic rings. The van der Waals surface area contributed by atoms with Crippen LogP contribution in [-0.2, 0) is 11.8 Å². The van der Waals surface area contributed by atoms with Gasteiger partial charge < -0.3 is 9.88 Å². The van der Waals surface area contributed by atoms with Crippen LogP contribution in [0.2, 0.25) is 5.02 Å². The lowest BCUT2D eigenvalue weighted by atomic mass is 9.87. The fraction of sp³-hybridized carbons (Fsp3) is 0.478. The summed E-state index contributed by atoms with van der Waals surface area (Å²) in [5, 5.41) is 3.84. The summed E-state index contributed by atoms with van der Waals surface area (Å²) in [6.45, 7) is 6.18. The number of aromatic nitrogens is 1. The zero-order valence-electron chi connectivity index (χ0n) is 17.5. The van der Waals surface area contributed by atoms with Crippen molar-refractivity contribution >= 4 is 29.1 Å². The molecule has 6 heteroatoms. The molecule has 1 saturated carbocycles. The number of nitrogens with zero attached hydrogens (tertiary/aromatic N) is 2. The zero-order valence-corrected chi connectivity index (χ0v) is 18.2. The maximum Gasteiger partial charge on any atom is 0.261 e. The van der Waals surface area contributed by atoms with Crippen LogP contribution in [-0.4, -0.2) is 22.4 Å². The summed E-state index contributed by atoms with van der Waals surface area (Å²) in [6.07, 6.45) is 4.25. The van der Waals surface area contributed by atoms with E-state index in [0.29, 0.717) is 22.2 Å². The van der Waals surface area contributed by atoms with Crippen LogP contribution in [0, 0.1) is 19.8 Å². The van der Waals surface area contributed by atoms with Crippen LogP contribution in [0.4, 0.5) is 5.69 Å². The molecule has 0 spiro atoms. The minimum atomic E-state index is -0.655. The third-order valence-electron chi connectivity index (χ3n) is 6.71. The predicted octanol–water partition coefficient (Wildman–Crippen LogP) is 4.69. The minimum absolute atomic E-state index is 0.0969. The fourth-order valence-corrected chi connectivity index (χ4v) is 4.87. The van der Waals surface area contributed by atoms with Gasteiger partial charge in [-0.25, -0.2) is 0 Å². The van der Waals surface area contributed by atoms with E-state index in [2.05, 4.69) is 12.2 Å². The molecule has 0 saturated heterocycles. The Morgan fingerprint density at radius 3 is 2.31 bits per heavy atom. The van der Waals surface area contributed by atoms with Crippen molar-refractivity contribution in [1.29, 1.82) is 0 Å². The average molecular weight is 414 g/mol. The van der Waals surface area contributed by atoms with Gasteiger partial charge in [0.15, 0.2) is 0 Å². The van der Waals surface area contributed by atoms with E-state index in [1.54, 1.807) is 29.2 Å². The largest absolute Gasteiger partial charge is 0.351 e. The first-order chi connectivity index (χ1) is 13.8. The number of hydrogen-bond acceptors (Lipinski definition) is 2. The van der Waals surface area contributed by atoms with Crippen molar-refractivity contribution in [3.05, 3.63) is 51.8 Å². The summed E-state index contributed by atoms with van der Waals surface area (Å²) < 4.78 is 2.00. The van der Waals surface area contributed by atoms with Gasteiger partial charge in [-0.1, -0.05) is 18.5 Å². The van der Waals surface area contributed by atoms with E-state index >= 15 is 0 Å². The highest BCUT2D eigenvalue weighted by Gasteiger charge is 2.46. The van der Waals surface area contributed by atoms with Gasteiger partial charge in [-0.05, 0) is 69.7 Å². The highest BCUT2D eigenvalue weighted by Crippen LogP contribution is 2.42. The van der Waals surface area contributed by atoms with E-state index in [1.807, 2.05) is 25.5 Å². The van der Waals surface area contributed by atoms with E-state index < -0.39 is 6.04 Å². The third kappa shape index (κ3) is 3.35. The molecule has 2 amide bonds. The van der Waals surface area contributed by atoms with Crippen LogP contribution >= 0.6 is 11.6 Å². The lowest BCUT2D eigenvalue weighted by Gasteiger charge is -2.31. The molecule has 1 aliphatic heterocycles. The average Bonchev–Trinajstić information content (AvgIpc) is 3.12. The molecule has 1 fully saturated rings. The van der Waals surface area contributed by atoms with Gasteiger partial charge in [0.25, 0.3) is 5.91 Å². The number of amides is 2. The fourth-order valence-electron chi connectivity index (χ4n) is 4.75. The SMILES string of the molecule is Cc1c2c(c(C)n1C)[C@H](C(=O)NC1CCC(C)CC1)N(c1ccc(Cl)cc1)C2=O. The van der Waals surface area contributed by atoms with Crippen LogP contribution in [0.1, 0.15) is 66.0 Å². The second kappa shape index (κ2) is 7.52. The van der Waals surface area contributed by atoms with Crippen molar-refractivity contribution in [2.45, 2.75) is 58.5 Å². The summed E-state index contributed by atoms with van der Waals surface area (Å²) in [7, 11) is 1.94. The Balaban J connectivity index is 1.72. The first-order valence-electron chi connectivity index (χ1n) is 10.3. The Morgan fingerprint density at radius 2 is 1.69 bits per heavy atom. The van der Waals surface area contributed by atoms with Gasteiger partial charge in [-0.3, -0.25) is 14.5 Å². The molecule has 5 nitrogen and oxygen atoms in total. The lowest BCUT2D eigenvalue weighted by molar-refractivity contribution is -0.123. The molecule has 0 radical (unpaired) electrons.